The Morgan fingerprint density at radius 3 is 2.96 bits per heavy atom. The molecule has 1 fully saturated rings. The van der Waals surface area contributed by atoms with E-state index < -0.39 is 0 Å². The first-order valence-corrected chi connectivity index (χ1v) is 8.43. The zero-order valence-electron chi connectivity index (χ0n) is 13.9. The first-order valence-electron chi connectivity index (χ1n) is 8.43. The molecular formula is C19H24N2O2. The highest BCUT2D eigenvalue weighted by Crippen LogP contribution is 2.18. The molecule has 2 heterocycles. The van der Waals surface area contributed by atoms with Gasteiger partial charge in [-0.2, -0.15) is 0 Å². The van der Waals surface area contributed by atoms with Gasteiger partial charge in [-0.25, -0.2) is 0 Å². The van der Waals surface area contributed by atoms with Gasteiger partial charge in [-0.3, -0.25) is 9.59 Å². The van der Waals surface area contributed by atoms with Crippen molar-refractivity contribution in [2.75, 3.05) is 13.1 Å². The maximum absolute atomic E-state index is 12.4. The average Bonchev–Trinajstić information content (AvgIpc) is 2.53. The van der Waals surface area contributed by atoms with Crippen LogP contribution in [0.3, 0.4) is 0 Å². The molecule has 0 bridgehead atoms. The van der Waals surface area contributed by atoms with Crippen LogP contribution in [-0.4, -0.2) is 28.9 Å². The predicted molar refractivity (Wildman–Crippen MR) is 92.6 cm³/mol. The van der Waals surface area contributed by atoms with Crippen molar-refractivity contribution in [3.63, 3.8) is 0 Å². The number of nitrogens with zero attached hydrogens (tertiary/aromatic N) is 1. The molecule has 1 saturated heterocycles. The summed E-state index contributed by atoms with van der Waals surface area (Å²) < 4.78 is 0. The summed E-state index contributed by atoms with van der Waals surface area (Å²) in [5.41, 5.74) is 2.66. The zero-order valence-corrected chi connectivity index (χ0v) is 13.9. The van der Waals surface area contributed by atoms with E-state index in [1.165, 1.54) is 6.42 Å². The number of hydrogen-bond donors (Lipinski definition) is 1. The fourth-order valence-electron chi connectivity index (χ4n) is 3.35. The number of hydrogen-bond acceptors (Lipinski definition) is 2. The molecule has 23 heavy (non-hydrogen) atoms. The third-order valence-electron chi connectivity index (χ3n) is 4.73. The number of amides is 1. The number of piperidine rings is 1. The van der Waals surface area contributed by atoms with Crippen molar-refractivity contribution in [1.82, 2.24) is 9.88 Å². The second-order valence-corrected chi connectivity index (χ2v) is 6.79. The minimum Gasteiger partial charge on any atom is -0.342 e. The van der Waals surface area contributed by atoms with Gasteiger partial charge >= 0.3 is 0 Å². The summed E-state index contributed by atoms with van der Waals surface area (Å²) in [5, 5.41) is 1.03. The zero-order chi connectivity index (χ0) is 16.4. The fourth-order valence-corrected chi connectivity index (χ4v) is 3.35. The van der Waals surface area contributed by atoms with Crippen LogP contribution < -0.4 is 5.56 Å². The summed E-state index contributed by atoms with van der Waals surface area (Å²) in [6.45, 7) is 5.83. The average molecular weight is 312 g/mol. The van der Waals surface area contributed by atoms with Crippen LogP contribution in [0.2, 0.25) is 0 Å². The first kappa shape index (κ1) is 15.8. The first-order chi connectivity index (χ1) is 11.0. The van der Waals surface area contributed by atoms with Crippen LogP contribution in [0.15, 0.2) is 29.1 Å². The van der Waals surface area contributed by atoms with Gasteiger partial charge in [-0.05, 0) is 61.3 Å². The Bertz CT molecular complexity index is 779. The van der Waals surface area contributed by atoms with Crippen LogP contribution in [0.1, 0.15) is 37.3 Å². The molecule has 4 nitrogen and oxygen atoms in total. The molecule has 0 radical (unpaired) electrons. The van der Waals surface area contributed by atoms with E-state index in [1.54, 1.807) is 0 Å². The molecule has 1 unspecified atom stereocenters. The number of carbonyl (C=O) groups excluding carboxylic acids is 1. The van der Waals surface area contributed by atoms with E-state index in [4.69, 9.17) is 0 Å². The van der Waals surface area contributed by atoms with Crippen molar-refractivity contribution < 1.29 is 4.79 Å². The highest BCUT2D eigenvalue weighted by molar-refractivity contribution is 5.80. The van der Waals surface area contributed by atoms with Crippen molar-refractivity contribution in [2.24, 2.45) is 5.92 Å². The Hall–Kier alpha value is -2.10. The minimum absolute atomic E-state index is 0.0420. The van der Waals surface area contributed by atoms with Crippen LogP contribution in [0, 0.1) is 12.8 Å². The van der Waals surface area contributed by atoms with Crippen molar-refractivity contribution in [2.45, 2.75) is 39.5 Å². The van der Waals surface area contributed by atoms with Crippen LogP contribution in [0.5, 0.6) is 0 Å². The Kier molecular flexibility index (Phi) is 4.51. The lowest BCUT2D eigenvalue weighted by Crippen LogP contribution is -2.39. The largest absolute Gasteiger partial charge is 0.342 e. The quantitative estimate of drug-likeness (QED) is 0.947. The molecule has 1 aromatic carbocycles. The van der Waals surface area contributed by atoms with E-state index in [0.29, 0.717) is 17.9 Å². The highest BCUT2D eigenvalue weighted by Gasteiger charge is 2.20. The van der Waals surface area contributed by atoms with Gasteiger partial charge < -0.3 is 9.88 Å². The molecule has 1 aliphatic rings. The third-order valence-corrected chi connectivity index (χ3v) is 4.73. The molecule has 1 N–H and O–H groups in total. The van der Waals surface area contributed by atoms with Crippen LogP contribution in [0.4, 0.5) is 0 Å². The van der Waals surface area contributed by atoms with Crippen molar-refractivity contribution in [3.05, 3.63) is 45.7 Å². The normalized spacial score (nSPS) is 18.3. The summed E-state index contributed by atoms with van der Waals surface area (Å²) in [7, 11) is 0. The lowest BCUT2D eigenvalue weighted by atomic mass is 9.99. The SMILES string of the molecule is Cc1cc2cc(CCC(=O)N3CCCC(C)C3)ccc2[nH]c1=O. The monoisotopic (exact) mass is 312 g/mol. The van der Waals surface area contributed by atoms with Gasteiger partial charge in [0.2, 0.25) is 5.91 Å². The van der Waals surface area contributed by atoms with E-state index in [-0.39, 0.29) is 11.5 Å². The second kappa shape index (κ2) is 6.57. The smallest absolute Gasteiger partial charge is 0.251 e. The maximum Gasteiger partial charge on any atom is 0.251 e. The van der Waals surface area contributed by atoms with Crippen molar-refractivity contribution in [1.29, 1.82) is 0 Å². The van der Waals surface area contributed by atoms with Crippen LogP contribution in [0.25, 0.3) is 10.9 Å². The van der Waals surface area contributed by atoms with Gasteiger partial charge in [0, 0.05) is 30.6 Å². The molecule has 0 aliphatic carbocycles. The number of pyridine rings is 1. The fraction of sp³-hybridized carbons (Fsp3) is 0.474. The van der Waals surface area contributed by atoms with E-state index >= 15 is 0 Å². The maximum atomic E-state index is 12.4. The Morgan fingerprint density at radius 1 is 1.35 bits per heavy atom. The number of carbonyl (C=O) groups is 1. The van der Waals surface area contributed by atoms with Crippen molar-refractivity contribution >= 4 is 16.8 Å². The molecule has 1 aromatic heterocycles. The number of likely N-dealkylation sites (tertiary alicyclic amines) is 1. The number of nitrogens with one attached hydrogen (secondary N) is 1. The lowest BCUT2D eigenvalue weighted by Gasteiger charge is -2.31. The van der Waals surface area contributed by atoms with Crippen LogP contribution >= 0.6 is 0 Å². The topological polar surface area (TPSA) is 53.2 Å². The summed E-state index contributed by atoms with van der Waals surface area (Å²) in [4.78, 5) is 28.9. The van der Waals surface area contributed by atoms with Crippen molar-refractivity contribution in [3.8, 4) is 0 Å². The number of aromatic amines is 1. The van der Waals surface area contributed by atoms with Gasteiger partial charge in [-0.1, -0.05) is 13.0 Å². The third kappa shape index (κ3) is 3.63. The second-order valence-electron chi connectivity index (χ2n) is 6.79. The molecule has 1 atom stereocenters. The van der Waals surface area contributed by atoms with Gasteiger partial charge in [0.15, 0.2) is 0 Å². The number of H-pyrrole nitrogens is 1. The molecule has 0 spiro atoms. The Morgan fingerprint density at radius 2 is 2.17 bits per heavy atom. The van der Waals surface area contributed by atoms with E-state index in [9.17, 15) is 9.59 Å². The van der Waals surface area contributed by atoms with E-state index in [2.05, 4.69) is 18.0 Å². The number of rotatable bonds is 3. The number of aromatic nitrogens is 1. The summed E-state index contributed by atoms with van der Waals surface area (Å²) >= 11 is 0. The Labute approximate surface area is 136 Å². The van der Waals surface area contributed by atoms with E-state index in [0.717, 1.165) is 42.4 Å². The van der Waals surface area contributed by atoms with E-state index in [1.807, 2.05) is 30.0 Å². The Balaban J connectivity index is 1.68. The molecule has 3 rings (SSSR count). The molecule has 2 aromatic rings. The molecule has 122 valence electrons. The number of benzene rings is 1. The minimum atomic E-state index is -0.0420. The molecule has 0 saturated carbocycles. The predicted octanol–water partition coefficient (Wildman–Crippen LogP) is 3.03. The molecular weight excluding hydrogens is 288 g/mol. The molecule has 1 aliphatic heterocycles. The van der Waals surface area contributed by atoms with Gasteiger partial charge in [0.1, 0.15) is 0 Å². The van der Waals surface area contributed by atoms with Gasteiger partial charge in [0.25, 0.3) is 5.56 Å². The van der Waals surface area contributed by atoms with Gasteiger partial charge in [-0.15, -0.1) is 0 Å². The van der Waals surface area contributed by atoms with Crippen LogP contribution in [-0.2, 0) is 11.2 Å². The summed E-state index contributed by atoms with van der Waals surface area (Å²) in [5.74, 6) is 0.877. The lowest BCUT2D eigenvalue weighted by molar-refractivity contribution is -0.132. The molecule has 4 heteroatoms. The number of aryl methyl sites for hydroxylation is 2. The summed E-state index contributed by atoms with van der Waals surface area (Å²) in [6.07, 6.45) is 3.65. The molecule has 1 amide bonds. The summed E-state index contributed by atoms with van der Waals surface area (Å²) in [6, 6.07) is 7.91. The van der Waals surface area contributed by atoms with Gasteiger partial charge in [0.05, 0.1) is 0 Å². The highest BCUT2D eigenvalue weighted by atomic mass is 16.2. The number of fused-ring (bicyclic) bond motifs is 1. The standard InChI is InChI=1S/C19H24N2O2/c1-13-4-3-9-21(12-13)18(22)8-6-15-5-7-17-16(11-15)10-14(2)19(23)20-17/h5,7,10-11,13H,3-4,6,8-9,12H2,1-2H3,(H,20,23).